The molecule has 150 heavy (non-hydrogen) atoms. The molecule has 1 atom stereocenters. The quantitative estimate of drug-likeness (QED) is 0.0104. The van der Waals surface area contributed by atoms with E-state index in [2.05, 4.69) is 26.8 Å². The Morgan fingerprint density at radius 1 is 0.453 bits per heavy atom. The molecule has 12 amide bonds. The van der Waals surface area contributed by atoms with Crippen LogP contribution in [0.25, 0.3) is 16.3 Å². The number of thiophene rings is 1. The second kappa shape index (κ2) is 71.0. The molecule has 11 aromatic carbocycles. The second-order valence-electron chi connectivity index (χ2n) is 32.4. The fourth-order valence-corrected chi connectivity index (χ4v) is 16.2. The van der Waals surface area contributed by atoms with Gasteiger partial charge in [0.15, 0.2) is 0 Å². The number of methoxy groups -OCH3 is 1. The van der Waals surface area contributed by atoms with E-state index in [0.717, 1.165) is 110 Å². The van der Waals surface area contributed by atoms with E-state index < -0.39 is 58.9 Å². The third-order valence-corrected chi connectivity index (χ3v) is 24.9. The van der Waals surface area contributed by atoms with Crippen LogP contribution in [0, 0.1) is 17.7 Å². The zero-order chi connectivity index (χ0) is 111. The second-order valence-corrected chi connectivity index (χ2v) is 36.5. The van der Waals surface area contributed by atoms with Gasteiger partial charge in [0, 0.05) is 57.2 Å². The van der Waals surface area contributed by atoms with Gasteiger partial charge in [0.1, 0.15) is 11.6 Å². The number of thioether (sulfide) groups is 2. The highest BCUT2D eigenvalue weighted by molar-refractivity contribution is 8.00. The first-order chi connectivity index (χ1) is 71.9. The lowest BCUT2D eigenvalue weighted by Gasteiger charge is -2.22. The highest BCUT2D eigenvalue weighted by Gasteiger charge is 2.26. The standard InChI is InChI=1S/C12H11NO2.C11H11NO2.C11H13NO2.C11H15NO2.C9H11NO2.C8H9NO3.2C8H9NO2S.C7H5Cl2NO2.C7H5ClFNO2.C7H13NO2.C6H5NO3S/c14-12(13-15)8-10-6-3-5-9-4-1-2-7-11(9)10;1-7-9-5-3-2-4-8(9)6-10(7)11(13)12-14;13-11(12-14)10-6-5-8-3-1-2-4-9(8)7-10;1-11(2,3)9-6-4-8(5-7-9)10(13)12-14;11-9(10-12)7-6-8-4-2-1-3-5-8;1-12-7-5-3-2-4-6(7)8(10)9-11;1-12-7-4-2-6(3-5-7)8(10)9-11;10-8(9-11)6-12-7-4-2-1-3-5-7;8-4-2-1-3-5(9)6(4)7(11)10-12;8-5-3-4(7(11)10-12)1-2-6(5)9;9-7(8-10)5-6-3-1-2-4-6;8-5(6(9)7-10)4-2-1-3-11-4/h1-7,15H,8H2,(H,13,14);2-5,14H,6H2,1H3,(H,12,13);1-4,10,14H,5-7H2,(H,12,13);4-7,14H,1-3H3,(H,12,13);1-5,12H,6-7H2,(H,10,11);2*2-5,11H,1H3,(H,9,10);1-5,11H,6H2,(H,9,10);2*1-3,12H,(H,10,11);6,10H,1-5H2,(H,8,9);1-3,10H,(H,7,9). The molecule has 0 aliphatic heterocycles. The van der Waals surface area contributed by atoms with Crippen LogP contribution in [0.5, 0.6) is 5.75 Å². The number of rotatable bonds is 21. The molecule has 0 bridgehead atoms. The average molecular weight is 2180 g/mol. The number of Topliss-reactive ketones (excluding diaryl/α,β-unsaturated/α-hetero) is 1. The molecule has 12 aromatic rings. The number of carbonyl (C=O) groups excluding carboxylic acids is 13. The van der Waals surface area contributed by atoms with Crippen molar-refractivity contribution in [1.82, 2.24) is 65.8 Å². The highest BCUT2D eigenvalue weighted by Crippen LogP contribution is 2.34. The zero-order valence-electron chi connectivity index (χ0n) is 81.7. The molecule has 0 saturated heterocycles. The van der Waals surface area contributed by atoms with Crippen molar-refractivity contribution < 1.29 is 134 Å². The van der Waals surface area contributed by atoms with Crippen LogP contribution in [0.1, 0.15) is 173 Å². The van der Waals surface area contributed by atoms with Crippen molar-refractivity contribution in [1.29, 1.82) is 0 Å². The summed E-state index contributed by atoms with van der Waals surface area (Å²) in [5.41, 5.74) is 29.8. The number of para-hydroxylation sites is 1. The maximum Gasteiger partial charge on any atom is 0.316 e. The molecule has 798 valence electrons. The molecule has 1 unspecified atom stereocenters. The number of hydrogen-bond donors (Lipinski definition) is 24. The van der Waals surface area contributed by atoms with Crippen molar-refractivity contribution in [2.45, 2.75) is 120 Å². The topological polar surface area (TPSA) is 618 Å². The summed E-state index contributed by atoms with van der Waals surface area (Å²) in [6, 6.07) is 80.9. The van der Waals surface area contributed by atoms with E-state index in [0.29, 0.717) is 64.5 Å². The molecular formula is C105H116Cl3FN12O26S3. The van der Waals surface area contributed by atoms with Crippen LogP contribution in [0.3, 0.4) is 0 Å². The lowest BCUT2D eigenvalue weighted by atomic mass is 9.83. The molecule has 3 aliphatic rings. The predicted octanol–water partition coefficient (Wildman–Crippen LogP) is 16.8. The summed E-state index contributed by atoms with van der Waals surface area (Å²) in [6.45, 7) is 8.22. The first-order valence-electron chi connectivity index (χ1n) is 45.1. The Morgan fingerprint density at radius 2 is 0.960 bits per heavy atom. The number of fused-ring (bicyclic) bond motifs is 3. The van der Waals surface area contributed by atoms with Gasteiger partial charge >= 0.3 is 5.91 Å². The van der Waals surface area contributed by atoms with Crippen LogP contribution >= 0.6 is 69.7 Å². The van der Waals surface area contributed by atoms with Crippen molar-refractivity contribution >= 4 is 163 Å². The van der Waals surface area contributed by atoms with Crippen LogP contribution in [-0.4, -0.2) is 158 Å². The zero-order valence-corrected chi connectivity index (χ0v) is 86.4. The maximum atomic E-state index is 12.5. The summed E-state index contributed by atoms with van der Waals surface area (Å²) >= 11 is 20.8. The van der Waals surface area contributed by atoms with Gasteiger partial charge in [-0.05, 0) is 221 Å². The lowest BCUT2D eigenvalue weighted by Crippen LogP contribution is -2.31. The Hall–Kier alpha value is -14.8. The predicted molar refractivity (Wildman–Crippen MR) is 560 cm³/mol. The Kier molecular flexibility index (Phi) is 60.4. The SMILES string of the molecule is CC(C)(C)c1ccc(C(=O)NO)cc1.CC1=C(C(=O)NO)Cc2ccccc21.COc1ccccc1C(=O)NO.CSc1ccc(C(=O)NO)cc1.O=C(CC1CCCC1)NO.O=C(CCc1ccccc1)NO.O=C(CSc1ccccc1)NO.O=C(Cc1cccc2ccccc12)NO.O=C(NO)C(=O)c1cccs1.O=C(NO)C1CCc2ccccc2C1.O=C(NO)c1c(Cl)cccc1Cl.O=C(NO)c1ccc(F)c(Cl)c1. The number of ketones is 1. The molecule has 0 spiro atoms. The van der Waals surface area contributed by atoms with Gasteiger partial charge in [-0.1, -0.05) is 244 Å². The van der Waals surface area contributed by atoms with Gasteiger partial charge in [0.05, 0.1) is 50.4 Å². The van der Waals surface area contributed by atoms with E-state index >= 15 is 0 Å². The van der Waals surface area contributed by atoms with Crippen LogP contribution in [-0.2, 0) is 71.1 Å². The molecule has 15 rings (SSSR count). The molecule has 24 N–H and O–H groups in total. The summed E-state index contributed by atoms with van der Waals surface area (Å²) in [5, 5.41) is 104. The van der Waals surface area contributed by atoms with Gasteiger partial charge in [-0.2, -0.15) is 0 Å². The number of carbonyl (C=O) groups is 13. The van der Waals surface area contributed by atoms with Crippen molar-refractivity contribution in [3.05, 3.63) is 376 Å². The highest BCUT2D eigenvalue weighted by atomic mass is 35.5. The van der Waals surface area contributed by atoms with E-state index in [1.807, 2.05) is 183 Å². The number of benzene rings is 11. The monoisotopic (exact) mass is 2180 g/mol. The molecule has 3 aliphatic carbocycles. The molecule has 38 nitrogen and oxygen atoms in total. The maximum absolute atomic E-state index is 12.5. The molecule has 1 aromatic heterocycles. The van der Waals surface area contributed by atoms with Crippen LogP contribution in [0.2, 0.25) is 15.1 Å². The summed E-state index contributed by atoms with van der Waals surface area (Å²) in [6.07, 6.45) is 11.5. The largest absolute Gasteiger partial charge is 0.496 e. The van der Waals surface area contributed by atoms with E-state index in [1.165, 1.54) is 89.0 Å². The number of aryl methyl sites for hydroxylation is 2. The Bertz CT molecular complexity index is 6280. The van der Waals surface area contributed by atoms with Gasteiger partial charge in [0.2, 0.25) is 23.6 Å². The first kappa shape index (κ1) is 128. The fraction of sp³-hybridized carbons (Fsp3) is 0.210. The third-order valence-electron chi connectivity index (χ3n) is 21.4. The van der Waals surface area contributed by atoms with Crippen LogP contribution in [0.4, 0.5) is 4.39 Å². The number of hydroxylamine groups is 12. The van der Waals surface area contributed by atoms with Gasteiger partial charge in [0.25, 0.3) is 47.1 Å². The van der Waals surface area contributed by atoms with Crippen molar-refractivity contribution in [3.8, 4) is 5.75 Å². The fourth-order valence-electron chi connectivity index (χ4n) is 13.6. The van der Waals surface area contributed by atoms with E-state index in [1.54, 1.807) is 122 Å². The third kappa shape index (κ3) is 45.9. The minimum atomic E-state index is -1.01. The number of ether oxygens (including phenoxy) is 1. The van der Waals surface area contributed by atoms with E-state index in [-0.39, 0.29) is 73.3 Å². The Morgan fingerprint density at radius 3 is 1.49 bits per heavy atom. The minimum Gasteiger partial charge on any atom is -0.496 e. The lowest BCUT2D eigenvalue weighted by molar-refractivity contribution is -0.134. The molecule has 1 heterocycles. The molecule has 1 fully saturated rings. The Balaban J connectivity index is 0.000000341. The van der Waals surface area contributed by atoms with Crippen molar-refractivity contribution in [2.24, 2.45) is 11.8 Å². The first-order valence-corrected chi connectivity index (χ1v) is 49.3. The number of halogens is 4. The van der Waals surface area contributed by atoms with Gasteiger partial charge in [-0.25, -0.2) is 70.2 Å². The smallest absolute Gasteiger partial charge is 0.316 e. The van der Waals surface area contributed by atoms with E-state index in [9.17, 15) is 66.7 Å². The Labute approximate surface area is 889 Å². The molecule has 0 radical (unpaired) electrons. The number of nitrogens with one attached hydrogen (secondary N) is 12. The summed E-state index contributed by atoms with van der Waals surface area (Å²) in [7, 11) is 1.46. The van der Waals surface area contributed by atoms with Crippen LogP contribution in [0.15, 0.2) is 294 Å². The summed E-state index contributed by atoms with van der Waals surface area (Å²) in [4.78, 5) is 144. The molecule has 45 heteroatoms. The summed E-state index contributed by atoms with van der Waals surface area (Å²) in [5.74, 6) is -6.24. The van der Waals surface area contributed by atoms with Gasteiger partial charge < -0.3 is 4.74 Å². The molecule has 1 saturated carbocycles. The normalized spacial score (nSPS) is 11.7. The van der Waals surface area contributed by atoms with Gasteiger partial charge in [-0.3, -0.25) is 125 Å². The minimum absolute atomic E-state index is 0.0725. The number of allylic oxidation sites excluding steroid dienone is 1. The van der Waals surface area contributed by atoms with Crippen molar-refractivity contribution in [3.63, 3.8) is 0 Å². The average Bonchev–Trinajstić information content (AvgIpc) is 1.65. The molecular weight excluding hydrogens is 2070 g/mol. The van der Waals surface area contributed by atoms with Gasteiger partial charge in [-0.15, -0.1) is 34.9 Å². The van der Waals surface area contributed by atoms with Crippen molar-refractivity contribution in [2.75, 3.05) is 19.1 Å². The van der Waals surface area contributed by atoms with Crippen LogP contribution < -0.4 is 70.5 Å². The summed E-state index contributed by atoms with van der Waals surface area (Å²) < 4.78 is 17.4. The number of hydrogen-bond acceptors (Lipinski definition) is 29. The number of amides is 12. The van der Waals surface area contributed by atoms with E-state index in [4.69, 9.17) is 102 Å².